The van der Waals surface area contributed by atoms with Gasteiger partial charge in [0.25, 0.3) is 5.78 Å². The third-order valence-electron chi connectivity index (χ3n) is 1.99. The summed E-state index contributed by atoms with van der Waals surface area (Å²) in [7, 11) is 1.29. The van der Waals surface area contributed by atoms with Gasteiger partial charge in [-0.15, -0.1) is 0 Å². The van der Waals surface area contributed by atoms with Crippen molar-refractivity contribution >= 4 is 23.4 Å². The maximum absolute atomic E-state index is 11.6. The Kier molecular flexibility index (Phi) is 4.34. The largest absolute Gasteiger partial charge is 0.504 e. The van der Waals surface area contributed by atoms with Gasteiger partial charge in [-0.3, -0.25) is 4.79 Å². The van der Waals surface area contributed by atoms with Crippen molar-refractivity contribution in [2.24, 2.45) is 0 Å². The lowest BCUT2D eigenvalue weighted by atomic mass is 10.1. The molecule has 5 nitrogen and oxygen atoms in total. The zero-order valence-corrected chi connectivity index (χ0v) is 10.1. The molecule has 0 spiro atoms. The van der Waals surface area contributed by atoms with E-state index in [9.17, 15) is 14.7 Å². The van der Waals surface area contributed by atoms with Gasteiger partial charge >= 0.3 is 5.97 Å². The number of phenolic OH excluding ortho intramolecular Hbond substituents is 1. The molecule has 17 heavy (non-hydrogen) atoms. The van der Waals surface area contributed by atoms with E-state index < -0.39 is 17.5 Å². The SMILES string of the molecule is CCOC(=O)C(=O)c1ccc(Cl)c(OC)c1O. The number of phenols is 1. The molecule has 1 rings (SSSR count). The standard InChI is InChI=1S/C11H11ClO5/c1-3-17-11(15)9(14)6-4-5-7(12)10(16-2)8(6)13/h4-5,13H,3H2,1-2H3. The molecule has 0 amide bonds. The van der Waals surface area contributed by atoms with Gasteiger partial charge in [0.1, 0.15) is 0 Å². The second-order valence-electron chi connectivity index (χ2n) is 3.03. The van der Waals surface area contributed by atoms with E-state index in [1.54, 1.807) is 6.92 Å². The molecule has 0 fully saturated rings. The van der Waals surface area contributed by atoms with Gasteiger partial charge in [-0.25, -0.2) is 4.79 Å². The van der Waals surface area contributed by atoms with Crippen molar-refractivity contribution in [3.63, 3.8) is 0 Å². The fraction of sp³-hybridized carbons (Fsp3) is 0.273. The topological polar surface area (TPSA) is 72.8 Å². The number of aromatic hydroxyl groups is 1. The van der Waals surface area contributed by atoms with Crippen molar-refractivity contribution in [2.75, 3.05) is 13.7 Å². The third kappa shape index (κ3) is 2.68. The second kappa shape index (κ2) is 5.54. The summed E-state index contributed by atoms with van der Waals surface area (Å²) in [6.07, 6.45) is 0. The Labute approximate surface area is 103 Å². The Morgan fingerprint density at radius 2 is 2.06 bits per heavy atom. The van der Waals surface area contributed by atoms with Crippen LogP contribution >= 0.6 is 11.6 Å². The summed E-state index contributed by atoms with van der Waals surface area (Å²) in [6, 6.07) is 2.59. The minimum absolute atomic E-state index is 0.0539. The van der Waals surface area contributed by atoms with Crippen molar-refractivity contribution < 1.29 is 24.2 Å². The number of methoxy groups -OCH3 is 1. The average molecular weight is 259 g/mol. The quantitative estimate of drug-likeness (QED) is 0.506. The van der Waals surface area contributed by atoms with E-state index in [1.165, 1.54) is 19.2 Å². The number of ether oxygens (including phenoxy) is 2. The van der Waals surface area contributed by atoms with Gasteiger partial charge in [0.05, 0.1) is 24.3 Å². The summed E-state index contributed by atoms with van der Waals surface area (Å²) in [5.41, 5.74) is -0.204. The van der Waals surface area contributed by atoms with Gasteiger partial charge in [-0.05, 0) is 19.1 Å². The van der Waals surface area contributed by atoms with Gasteiger partial charge in [-0.1, -0.05) is 11.6 Å². The Bertz CT molecular complexity index is 455. The number of ketones is 1. The molecule has 0 aliphatic carbocycles. The van der Waals surface area contributed by atoms with Gasteiger partial charge < -0.3 is 14.6 Å². The molecule has 0 aliphatic heterocycles. The van der Waals surface area contributed by atoms with E-state index in [-0.39, 0.29) is 22.9 Å². The zero-order valence-electron chi connectivity index (χ0n) is 9.32. The zero-order chi connectivity index (χ0) is 13.0. The number of carbonyl (C=O) groups is 2. The van der Waals surface area contributed by atoms with Crippen LogP contribution in [0, 0.1) is 0 Å². The van der Waals surface area contributed by atoms with Gasteiger partial charge in [0.15, 0.2) is 11.5 Å². The van der Waals surface area contributed by atoms with Crippen molar-refractivity contribution in [3.8, 4) is 11.5 Å². The molecular weight excluding hydrogens is 248 g/mol. The van der Waals surface area contributed by atoms with Crippen LogP contribution < -0.4 is 4.74 Å². The van der Waals surface area contributed by atoms with Crippen LogP contribution in [0.4, 0.5) is 0 Å². The average Bonchev–Trinajstić information content (AvgIpc) is 2.29. The van der Waals surface area contributed by atoms with E-state index in [2.05, 4.69) is 4.74 Å². The fourth-order valence-corrected chi connectivity index (χ4v) is 1.46. The molecule has 0 saturated heterocycles. The van der Waals surface area contributed by atoms with Crippen LogP contribution in [0.15, 0.2) is 12.1 Å². The van der Waals surface area contributed by atoms with E-state index in [1.807, 2.05) is 0 Å². The maximum Gasteiger partial charge on any atom is 0.379 e. The number of Topliss-reactive ketones (excluding diaryl/α,β-unsaturated/α-hetero) is 1. The molecule has 0 radical (unpaired) electrons. The van der Waals surface area contributed by atoms with E-state index in [4.69, 9.17) is 16.3 Å². The predicted octanol–water partition coefficient (Wildman–Crippen LogP) is 1.80. The minimum atomic E-state index is -1.04. The summed E-state index contributed by atoms with van der Waals surface area (Å²) in [6.45, 7) is 1.66. The van der Waals surface area contributed by atoms with Crippen LogP contribution in [-0.2, 0) is 9.53 Å². The van der Waals surface area contributed by atoms with Crippen molar-refractivity contribution in [1.82, 2.24) is 0 Å². The highest BCUT2D eigenvalue weighted by Gasteiger charge is 2.24. The first-order valence-corrected chi connectivity index (χ1v) is 5.17. The van der Waals surface area contributed by atoms with Gasteiger partial charge in [0, 0.05) is 0 Å². The Morgan fingerprint density at radius 1 is 1.41 bits per heavy atom. The molecule has 0 saturated carbocycles. The summed E-state index contributed by atoms with van der Waals surface area (Å²) >= 11 is 5.73. The normalized spacial score (nSPS) is 9.82. The molecule has 0 unspecified atom stereocenters. The highest BCUT2D eigenvalue weighted by atomic mass is 35.5. The second-order valence-corrected chi connectivity index (χ2v) is 3.43. The molecule has 0 heterocycles. The molecule has 1 aromatic carbocycles. The number of halogens is 1. The highest BCUT2D eigenvalue weighted by molar-refractivity contribution is 6.42. The first kappa shape index (κ1) is 13.3. The number of hydrogen-bond acceptors (Lipinski definition) is 5. The van der Waals surface area contributed by atoms with Crippen molar-refractivity contribution in [1.29, 1.82) is 0 Å². The van der Waals surface area contributed by atoms with Crippen LogP contribution in [0.25, 0.3) is 0 Å². The predicted molar refractivity (Wildman–Crippen MR) is 60.6 cm³/mol. The van der Waals surface area contributed by atoms with Crippen molar-refractivity contribution in [3.05, 3.63) is 22.7 Å². The van der Waals surface area contributed by atoms with E-state index >= 15 is 0 Å². The lowest BCUT2D eigenvalue weighted by Crippen LogP contribution is -2.17. The van der Waals surface area contributed by atoms with E-state index in [0.717, 1.165) is 0 Å². The first-order chi connectivity index (χ1) is 8.02. The van der Waals surface area contributed by atoms with Gasteiger partial charge in [0.2, 0.25) is 0 Å². The summed E-state index contributed by atoms with van der Waals surface area (Å²) in [5.74, 6) is -2.51. The van der Waals surface area contributed by atoms with Crippen LogP contribution in [0.2, 0.25) is 5.02 Å². The third-order valence-corrected chi connectivity index (χ3v) is 2.29. The monoisotopic (exact) mass is 258 g/mol. The number of carbonyl (C=O) groups excluding carboxylic acids is 2. The summed E-state index contributed by atoms with van der Waals surface area (Å²) in [5, 5.41) is 9.86. The molecule has 0 atom stereocenters. The molecule has 0 bridgehead atoms. The maximum atomic E-state index is 11.6. The molecule has 92 valence electrons. The Hall–Kier alpha value is -1.75. The fourth-order valence-electron chi connectivity index (χ4n) is 1.23. The Balaban J connectivity index is 3.15. The Morgan fingerprint density at radius 3 is 2.59 bits per heavy atom. The van der Waals surface area contributed by atoms with Crippen LogP contribution in [0.5, 0.6) is 11.5 Å². The minimum Gasteiger partial charge on any atom is -0.504 e. The van der Waals surface area contributed by atoms with Crippen LogP contribution in [0.3, 0.4) is 0 Å². The lowest BCUT2D eigenvalue weighted by molar-refractivity contribution is -0.137. The number of hydrogen-bond donors (Lipinski definition) is 1. The van der Waals surface area contributed by atoms with Crippen LogP contribution in [0.1, 0.15) is 17.3 Å². The van der Waals surface area contributed by atoms with Crippen molar-refractivity contribution in [2.45, 2.75) is 6.92 Å². The first-order valence-electron chi connectivity index (χ1n) is 4.79. The number of rotatable bonds is 4. The number of esters is 1. The molecule has 0 aromatic heterocycles. The summed E-state index contributed by atoms with van der Waals surface area (Å²) in [4.78, 5) is 22.8. The molecular formula is C11H11ClO5. The molecule has 1 aromatic rings. The summed E-state index contributed by atoms with van der Waals surface area (Å²) < 4.78 is 9.36. The van der Waals surface area contributed by atoms with E-state index in [0.29, 0.717) is 0 Å². The smallest absolute Gasteiger partial charge is 0.379 e. The molecule has 1 N–H and O–H groups in total. The lowest BCUT2D eigenvalue weighted by Gasteiger charge is -2.09. The molecule has 0 aliphatic rings. The van der Waals surface area contributed by atoms with Gasteiger partial charge in [-0.2, -0.15) is 0 Å². The van der Waals surface area contributed by atoms with Crippen LogP contribution in [-0.4, -0.2) is 30.6 Å². The number of benzene rings is 1. The highest BCUT2D eigenvalue weighted by Crippen LogP contribution is 2.37. The molecule has 6 heteroatoms.